The summed E-state index contributed by atoms with van der Waals surface area (Å²) in [6.45, 7) is 3.80. The maximum atomic E-state index is 13.2. The van der Waals surface area contributed by atoms with Crippen molar-refractivity contribution in [3.05, 3.63) is 47.8 Å². The molecule has 0 saturated carbocycles. The van der Waals surface area contributed by atoms with Gasteiger partial charge in [0.25, 0.3) is 0 Å². The van der Waals surface area contributed by atoms with E-state index in [-0.39, 0.29) is 42.6 Å². The first kappa shape index (κ1) is 21.1. The molecule has 1 aliphatic rings. The number of benzene rings is 1. The summed E-state index contributed by atoms with van der Waals surface area (Å²) in [7, 11) is 0. The van der Waals surface area contributed by atoms with Crippen molar-refractivity contribution < 1.29 is 29.3 Å². The number of carboxylic acids is 1. The predicted octanol–water partition coefficient (Wildman–Crippen LogP) is 2.06. The lowest BCUT2D eigenvalue weighted by atomic mass is 9.90. The second-order valence-corrected chi connectivity index (χ2v) is 7.19. The molecule has 1 aliphatic heterocycles. The fourth-order valence-corrected chi connectivity index (χ4v) is 3.54. The summed E-state index contributed by atoms with van der Waals surface area (Å²) in [5.74, 6) is -1.68. The summed E-state index contributed by atoms with van der Waals surface area (Å²) >= 11 is 0. The van der Waals surface area contributed by atoms with Gasteiger partial charge in [-0.3, -0.25) is 9.59 Å². The smallest absolute Gasteiger partial charge is 0.305 e. The summed E-state index contributed by atoms with van der Waals surface area (Å²) in [5, 5.41) is 28.4. The molecule has 7 heteroatoms. The van der Waals surface area contributed by atoms with Gasteiger partial charge in [-0.2, -0.15) is 0 Å². The number of aliphatic hydroxyl groups excluding tert-OH is 2. The average molecular weight is 379 g/mol. The Morgan fingerprint density at radius 1 is 1.30 bits per heavy atom. The van der Waals surface area contributed by atoms with Crippen LogP contribution in [-0.4, -0.2) is 56.4 Å². The molecule has 0 radical (unpaired) electrons. The molecule has 1 saturated heterocycles. The number of aliphatic hydroxyl groups is 2. The first-order valence-corrected chi connectivity index (χ1v) is 9.02. The van der Waals surface area contributed by atoms with Gasteiger partial charge in [-0.1, -0.05) is 24.3 Å². The van der Waals surface area contributed by atoms with Crippen molar-refractivity contribution in [3.63, 3.8) is 0 Å². The fraction of sp³-hybridized carbons (Fsp3) is 0.500. The Morgan fingerprint density at radius 3 is 2.48 bits per heavy atom. The summed E-state index contributed by atoms with van der Waals surface area (Å²) in [6.07, 6.45) is 0.767. The second-order valence-electron chi connectivity index (χ2n) is 7.19. The summed E-state index contributed by atoms with van der Waals surface area (Å²) < 4.78 is 13.2. The normalized spacial score (nSPS) is 22.6. The van der Waals surface area contributed by atoms with E-state index in [1.807, 2.05) is 13.8 Å². The molecule has 3 N–H and O–H groups in total. The summed E-state index contributed by atoms with van der Waals surface area (Å²) in [6, 6.07) is 5.67. The van der Waals surface area contributed by atoms with Crippen LogP contribution in [0.3, 0.4) is 0 Å². The molecular formula is C20H26FNO5. The predicted molar refractivity (Wildman–Crippen MR) is 97.6 cm³/mol. The number of carboxylic acid groups (broad SMARTS) is 1. The lowest BCUT2D eigenvalue weighted by molar-refractivity contribution is -0.139. The third kappa shape index (κ3) is 5.61. The number of halogens is 1. The first-order chi connectivity index (χ1) is 12.7. The number of carbonyl (C=O) groups is 2. The molecule has 0 spiro atoms. The van der Waals surface area contributed by atoms with E-state index in [4.69, 9.17) is 5.11 Å². The van der Waals surface area contributed by atoms with Gasteiger partial charge in [-0.05, 0) is 31.5 Å². The van der Waals surface area contributed by atoms with E-state index in [0.29, 0.717) is 0 Å². The monoisotopic (exact) mass is 379 g/mol. The van der Waals surface area contributed by atoms with Crippen LogP contribution in [0.5, 0.6) is 0 Å². The number of amides is 1. The number of hydrogen-bond donors (Lipinski definition) is 3. The molecular weight excluding hydrogens is 353 g/mol. The molecule has 27 heavy (non-hydrogen) atoms. The molecule has 2 rings (SSSR count). The van der Waals surface area contributed by atoms with Crippen molar-refractivity contribution >= 4 is 11.9 Å². The van der Waals surface area contributed by atoms with E-state index in [2.05, 4.69) is 0 Å². The molecule has 1 aromatic rings. The molecule has 1 amide bonds. The zero-order chi connectivity index (χ0) is 20.1. The standard InChI is InChI=1S/C20H26FNO5/c1-12(2)22-18(8-7-15(23)9-16(24)10-20(26)27)17(11-19(22)25)13-3-5-14(21)6-4-13/h3-8,12,15-18,23-24H,9-11H2,1-2H3,(H,26,27)/t15-,16+,17-,18+/m0/s1. The Morgan fingerprint density at radius 2 is 1.93 bits per heavy atom. The van der Waals surface area contributed by atoms with Crippen molar-refractivity contribution in [3.8, 4) is 0 Å². The van der Waals surface area contributed by atoms with E-state index < -0.39 is 24.6 Å². The molecule has 1 aromatic carbocycles. The van der Waals surface area contributed by atoms with Crippen LogP contribution in [0.15, 0.2) is 36.4 Å². The molecule has 148 valence electrons. The van der Waals surface area contributed by atoms with Crippen LogP contribution in [0, 0.1) is 5.82 Å². The summed E-state index contributed by atoms with van der Waals surface area (Å²) in [5.41, 5.74) is 0.836. The van der Waals surface area contributed by atoms with Gasteiger partial charge in [-0.25, -0.2) is 4.39 Å². The van der Waals surface area contributed by atoms with Crippen LogP contribution in [0.2, 0.25) is 0 Å². The first-order valence-electron chi connectivity index (χ1n) is 9.02. The topological polar surface area (TPSA) is 98.1 Å². The molecule has 0 bridgehead atoms. The van der Waals surface area contributed by atoms with Crippen LogP contribution in [0.1, 0.15) is 44.6 Å². The van der Waals surface area contributed by atoms with Crippen LogP contribution in [-0.2, 0) is 9.59 Å². The molecule has 1 fully saturated rings. The quantitative estimate of drug-likeness (QED) is 0.601. The van der Waals surface area contributed by atoms with Gasteiger partial charge in [0.1, 0.15) is 5.82 Å². The van der Waals surface area contributed by atoms with E-state index in [1.165, 1.54) is 18.2 Å². The van der Waals surface area contributed by atoms with Gasteiger partial charge in [-0.15, -0.1) is 0 Å². The Hall–Kier alpha value is -2.25. The number of rotatable bonds is 8. The second kappa shape index (κ2) is 9.10. The van der Waals surface area contributed by atoms with Crippen LogP contribution < -0.4 is 0 Å². The van der Waals surface area contributed by atoms with Gasteiger partial charge in [0.2, 0.25) is 5.91 Å². The maximum Gasteiger partial charge on any atom is 0.305 e. The molecule has 0 aromatic heterocycles. The fourth-order valence-electron chi connectivity index (χ4n) is 3.54. The Balaban J connectivity index is 2.17. The zero-order valence-electron chi connectivity index (χ0n) is 15.5. The Bertz CT molecular complexity index is 688. The third-order valence-corrected chi connectivity index (χ3v) is 4.72. The minimum atomic E-state index is -1.15. The van der Waals surface area contributed by atoms with E-state index in [1.54, 1.807) is 23.1 Å². The van der Waals surface area contributed by atoms with Gasteiger partial charge in [0.15, 0.2) is 0 Å². The Kier molecular flexibility index (Phi) is 7.10. The van der Waals surface area contributed by atoms with E-state index in [0.717, 1.165) is 5.56 Å². The van der Waals surface area contributed by atoms with E-state index in [9.17, 15) is 24.2 Å². The minimum absolute atomic E-state index is 0.0191. The molecule has 0 unspecified atom stereocenters. The highest BCUT2D eigenvalue weighted by molar-refractivity contribution is 5.81. The molecule has 6 nitrogen and oxygen atoms in total. The lowest BCUT2D eigenvalue weighted by Crippen LogP contribution is -2.39. The number of aliphatic carboxylic acids is 1. The van der Waals surface area contributed by atoms with Crippen LogP contribution >= 0.6 is 0 Å². The minimum Gasteiger partial charge on any atom is -0.481 e. The highest BCUT2D eigenvalue weighted by atomic mass is 19.1. The highest BCUT2D eigenvalue weighted by Gasteiger charge is 2.40. The number of carbonyl (C=O) groups excluding carboxylic acids is 1. The molecule has 0 aliphatic carbocycles. The van der Waals surface area contributed by atoms with Gasteiger partial charge < -0.3 is 20.2 Å². The van der Waals surface area contributed by atoms with Crippen molar-refractivity contribution in [1.29, 1.82) is 0 Å². The highest BCUT2D eigenvalue weighted by Crippen LogP contribution is 2.36. The molecule has 4 atom stereocenters. The average Bonchev–Trinajstić information content (AvgIpc) is 2.89. The van der Waals surface area contributed by atoms with Crippen molar-refractivity contribution in [1.82, 2.24) is 4.90 Å². The van der Waals surface area contributed by atoms with Gasteiger partial charge in [0.05, 0.1) is 24.7 Å². The van der Waals surface area contributed by atoms with Crippen molar-refractivity contribution in [2.45, 2.75) is 63.3 Å². The maximum absolute atomic E-state index is 13.2. The zero-order valence-corrected chi connectivity index (χ0v) is 15.5. The van der Waals surface area contributed by atoms with Gasteiger partial charge in [0, 0.05) is 24.8 Å². The van der Waals surface area contributed by atoms with Crippen molar-refractivity contribution in [2.75, 3.05) is 0 Å². The van der Waals surface area contributed by atoms with E-state index >= 15 is 0 Å². The third-order valence-electron chi connectivity index (χ3n) is 4.72. The van der Waals surface area contributed by atoms with Crippen molar-refractivity contribution in [2.24, 2.45) is 0 Å². The number of nitrogens with zero attached hydrogens (tertiary/aromatic N) is 1. The van der Waals surface area contributed by atoms with Crippen LogP contribution in [0.25, 0.3) is 0 Å². The largest absolute Gasteiger partial charge is 0.481 e. The summed E-state index contributed by atoms with van der Waals surface area (Å²) in [4.78, 5) is 24.8. The molecule has 1 heterocycles. The Labute approximate surface area is 157 Å². The van der Waals surface area contributed by atoms with Gasteiger partial charge >= 0.3 is 5.97 Å². The SMILES string of the molecule is CC(C)N1C(=O)C[C@@H](c2ccc(F)cc2)[C@H]1C=C[C@H](O)C[C@@H](O)CC(=O)O. The van der Waals surface area contributed by atoms with Crippen LogP contribution in [0.4, 0.5) is 4.39 Å². The number of likely N-dealkylation sites (tertiary alicyclic amines) is 1. The number of hydrogen-bond acceptors (Lipinski definition) is 4. The lowest BCUT2D eigenvalue weighted by Gasteiger charge is -2.29.